The molecule has 1 amide bonds. The van der Waals surface area contributed by atoms with Crippen LogP contribution in [0.1, 0.15) is 36.0 Å². The molecule has 2 aliphatic rings. The summed E-state index contributed by atoms with van der Waals surface area (Å²) < 4.78 is 5.69. The number of piperidine rings is 1. The molecular weight excluding hydrogens is 266 g/mol. The first-order valence-corrected chi connectivity index (χ1v) is 7.89. The Labute approximate surface area is 125 Å². The summed E-state index contributed by atoms with van der Waals surface area (Å²) in [6.07, 6.45) is 4.53. The highest BCUT2D eigenvalue weighted by molar-refractivity contribution is 5.94. The number of aliphatic hydroxyl groups is 1. The summed E-state index contributed by atoms with van der Waals surface area (Å²) in [4.78, 5) is 14.3. The van der Waals surface area contributed by atoms with Crippen LogP contribution in [0.15, 0.2) is 24.3 Å². The van der Waals surface area contributed by atoms with Crippen molar-refractivity contribution in [1.82, 2.24) is 4.90 Å². The lowest BCUT2D eigenvalue weighted by Gasteiger charge is -2.31. The predicted molar refractivity (Wildman–Crippen MR) is 80.4 cm³/mol. The van der Waals surface area contributed by atoms with Gasteiger partial charge in [-0.25, -0.2) is 0 Å². The molecule has 1 heterocycles. The molecule has 1 aromatic carbocycles. The molecule has 1 aromatic rings. The molecule has 1 saturated carbocycles. The Hall–Kier alpha value is -1.55. The summed E-state index contributed by atoms with van der Waals surface area (Å²) in [5.41, 5.74) is 0.701. The lowest BCUT2D eigenvalue weighted by molar-refractivity contribution is 0.0620. The summed E-state index contributed by atoms with van der Waals surface area (Å²) in [7, 11) is 0. The Kier molecular flexibility index (Phi) is 4.44. The topological polar surface area (TPSA) is 49.8 Å². The van der Waals surface area contributed by atoms with Crippen LogP contribution in [0.5, 0.6) is 5.75 Å². The Morgan fingerprint density at radius 2 is 1.95 bits per heavy atom. The fraction of sp³-hybridized carbons (Fsp3) is 0.588. The van der Waals surface area contributed by atoms with E-state index in [9.17, 15) is 9.90 Å². The van der Waals surface area contributed by atoms with Crippen molar-refractivity contribution in [1.29, 1.82) is 0 Å². The predicted octanol–water partition coefficient (Wildman–Crippen LogP) is 2.32. The van der Waals surface area contributed by atoms with Crippen molar-refractivity contribution in [3.8, 4) is 5.75 Å². The van der Waals surface area contributed by atoms with E-state index in [1.165, 1.54) is 12.8 Å². The summed E-state index contributed by atoms with van der Waals surface area (Å²) in [5, 5.41) is 9.25. The van der Waals surface area contributed by atoms with E-state index in [0.717, 1.165) is 37.7 Å². The molecule has 0 aromatic heterocycles. The van der Waals surface area contributed by atoms with E-state index in [0.29, 0.717) is 12.1 Å². The Morgan fingerprint density at radius 3 is 2.62 bits per heavy atom. The molecule has 21 heavy (non-hydrogen) atoms. The van der Waals surface area contributed by atoms with E-state index in [2.05, 4.69) is 0 Å². The maximum absolute atomic E-state index is 12.5. The number of amides is 1. The van der Waals surface area contributed by atoms with E-state index in [4.69, 9.17) is 4.74 Å². The van der Waals surface area contributed by atoms with Gasteiger partial charge in [0.2, 0.25) is 0 Å². The van der Waals surface area contributed by atoms with Crippen LogP contribution in [-0.2, 0) is 0 Å². The van der Waals surface area contributed by atoms with Gasteiger partial charge >= 0.3 is 0 Å². The summed E-state index contributed by atoms with van der Waals surface area (Å²) in [6.45, 7) is 2.40. The normalized spacial score (nSPS) is 22.1. The molecule has 1 aliphatic heterocycles. The van der Waals surface area contributed by atoms with Gasteiger partial charge in [-0.3, -0.25) is 4.79 Å². The number of hydrogen-bond acceptors (Lipinski definition) is 3. The van der Waals surface area contributed by atoms with Crippen molar-refractivity contribution >= 4 is 5.91 Å². The summed E-state index contributed by atoms with van der Waals surface area (Å²) in [6, 6.07) is 7.44. The Bertz CT molecular complexity index is 481. The Balaban J connectivity index is 1.58. The maximum atomic E-state index is 12.5. The number of likely N-dealkylation sites (tertiary alicyclic amines) is 1. The fourth-order valence-corrected chi connectivity index (χ4v) is 2.77. The molecule has 4 heteroatoms. The second-order valence-electron chi connectivity index (χ2n) is 6.22. The second kappa shape index (κ2) is 6.48. The van der Waals surface area contributed by atoms with Crippen LogP contribution in [0.3, 0.4) is 0 Å². The maximum Gasteiger partial charge on any atom is 0.253 e. The quantitative estimate of drug-likeness (QED) is 0.905. The summed E-state index contributed by atoms with van der Waals surface area (Å²) in [5.74, 6) is 1.85. The van der Waals surface area contributed by atoms with Crippen LogP contribution in [0, 0.1) is 11.8 Å². The number of benzene rings is 1. The second-order valence-corrected chi connectivity index (χ2v) is 6.22. The van der Waals surface area contributed by atoms with Gasteiger partial charge in [-0.15, -0.1) is 0 Å². The minimum atomic E-state index is 0.0573. The highest BCUT2D eigenvalue weighted by Crippen LogP contribution is 2.29. The number of hydrogen-bond donors (Lipinski definition) is 1. The van der Waals surface area contributed by atoms with Crippen LogP contribution in [0.4, 0.5) is 0 Å². The molecule has 0 radical (unpaired) electrons. The molecule has 0 spiro atoms. The molecule has 1 atom stereocenters. The van der Waals surface area contributed by atoms with Crippen molar-refractivity contribution in [2.24, 2.45) is 11.8 Å². The molecule has 1 unspecified atom stereocenters. The van der Waals surface area contributed by atoms with Crippen LogP contribution < -0.4 is 4.74 Å². The molecule has 2 fully saturated rings. The number of rotatable bonds is 5. The number of aliphatic hydroxyl groups excluding tert-OH is 1. The SMILES string of the molecule is O=C(c1ccc(OCC2CC2)cc1)N1CCCC(CO)C1. The Morgan fingerprint density at radius 1 is 1.19 bits per heavy atom. The molecule has 1 aliphatic carbocycles. The zero-order valence-electron chi connectivity index (χ0n) is 12.3. The van der Waals surface area contributed by atoms with Gasteiger partial charge in [-0.1, -0.05) is 0 Å². The van der Waals surface area contributed by atoms with Gasteiger partial charge in [0.15, 0.2) is 0 Å². The first-order valence-electron chi connectivity index (χ1n) is 7.89. The van der Waals surface area contributed by atoms with E-state index in [-0.39, 0.29) is 18.4 Å². The fourth-order valence-electron chi connectivity index (χ4n) is 2.77. The highest BCUT2D eigenvalue weighted by atomic mass is 16.5. The van der Waals surface area contributed by atoms with Crippen LogP contribution in [0.25, 0.3) is 0 Å². The van der Waals surface area contributed by atoms with Crippen molar-refractivity contribution < 1.29 is 14.6 Å². The molecule has 3 rings (SSSR count). The third-order valence-corrected chi connectivity index (χ3v) is 4.35. The van der Waals surface area contributed by atoms with Gasteiger partial charge < -0.3 is 14.7 Å². The van der Waals surface area contributed by atoms with Crippen molar-refractivity contribution in [2.75, 3.05) is 26.3 Å². The van der Waals surface area contributed by atoms with Crippen molar-refractivity contribution in [3.05, 3.63) is 29.8 Å². The van der Waals surface area contributed by atoms with E-state index in [1.54, 1.807) is 0 Å². The number of carbonyl (C=O) groups excluding carboxylic acids is 1. The van der Waals surface area contributed by atoms with E-state index < -0.39 is 0 Å². The third-order valence-electron chi connectivity index (χ3n) is 4.35. The molecule has 1 saturated heterocycles. The molecule has 1 N–H and O–H groups in total. The lowest BCUT2D eigenvalue weighted by Crippen LogP contribution is -2.40. The van der Waals surface area contributed by atoms with Gasteiger partial charge in [-0.2, -0.15) is 0 Å². The smallest absolute Gasteiger partial charge is 0.253 e. The van der Waals surface area contributed by atoms with Gasteiger partial charge in [0.05, 0.1) is 6.61 Å². The first-order chi connectivity index (χ1) is 10.3. The average molecular weight is 289 g/mol. The third kappa shape index (κ3) is 3.76. The number of nitrogens with zero attached hydrogens (tertiary/aromatic N) is 1. The van der Waals surface area contributed by atoms with Crippen molar-refractivity contribution in [2.45, 2.75) is 25.7 Å². The molecular formula is C17H23NO3. The van der Waals surface area contributed by atoms with E-state index in [1.807, 2.05) is 29.2 Å². The zero-order valence-corrected chi connectivity index (χ0v) is 12.3. The minimum absolute atomic E-state index is 0.0573. The largest absolute Gasteiger partial charge is 0.493 e. The number of carbonyl (C=O) groups is 1. The first kappa shape index (κ1) is 14.4. The number of ether oxygens (including phenoxy) is 1. The van der Waals surface area contributed by atoms with Crippen LogP contribution in [-0.4, -0.2) is 42.2 Å². The molecule has 114 valence electrons. The standard InChI is InChI=1S/C17H23NO3/c19-11-14-2-1-9-18(10-14)17(20)15-5-7-16(8-6-15)21-12-13-3-4-13/h5-8,13-14,19H,1-4,9-12H2. The minimum Gasteiger partial charge on any atom is -0.493 e. The zero-order chi connectivity index (χ0) is 14.7. The monoisotopic (exact) mass is 289 g/mol. The van der Waals surface area contributed by atoms with Crippen LogP contribution in [0.2, 0.25) is 0 Å². The van der Waals surface area contributed by atoms with Gasteiger partial charge in [0, 0.05) is 25.3 Å². The lowest BCUT2D eigenvalue weighted by atomic mass is 9.98. The molecule has 4 nitrogen and oxygen atoms in total. The van der Waals surface area contributed by atoms with E-state index >= 15 is 0 Å². The highest BCUT2D eigenvalue weighted by Gasteiger charge is 2.24. The van der Waals surface area contributed by atoms with Crippen LogP contribution >= 0.6 is 0 Å². The summed E-state index contributed by atoms with van der Waals surface area (Å²) >= 11 is 0. The average Bonchev–Trinajstić information content (AvgIpc) is 3.37. The van der Waals surface area contributed by atoms with Gasteiger partial charge in [0.1, 0.15) is 5.75 Å². The van der Waals surface area contributed by atoms with Gasteiger partial charge in [-0.05, 0) is 61.8 Å². The van der Waals surface area contributed by atoms with Gasteiger partial charge in [0.25, 0.3) is 5.91 Å². The molecule has 0 bridgehead atoms. The van der Waals surface area contributed by atoms with Crippen molar-refractivity contribution in [3.63, 3.8) is 0 Å².